The zero-order valence-corrected chi connectivity index (χ0v) is 20.1. The summed E-state index contributed by atoms with van der Waals surface area (Å²) < 4.78 is 24.7. The summed E-state index contributed by atoms with van der Waals surface area (Å²) in [7, 11) is 1.91. The average molecular weight is 474 g/mol. The number of nitrogens with one attached hydrogen (secondary N) is 2. The molecule has 4 rings (SSSR count). The van der Waals surface area contributed by atoms with E-state index in [2.05, 4.69) is 15.8 Å². The van der Waals surface area contributed by atoms with Crippen molar-refractivity contribution in [3.63, 3.8) is 0 Å². The first kappa shape index (κ1) is 23.4. The van der Waals surface area contributed by atoms with Crippen molar-refractivity contribution in [3.05, 3.63) is 40.2 Å². The van der Waals surface area contributed by atoms with Gasteiger partial charge in [0.05, 0.1) is 28.6 Å². The monoisotopic (exact) mass is 473 g/mol. The van der Waals surface area contributed by atoms with Crippen LogP contribution in [-0.2, 0) is 0 Å². The van der Waals surface area contributed by atoms with Crippen LogP contribution in [-0.4, -0.2) is 47.5 Å². The van der Waals surface area contributed by atoms with Crippen LogP contribution in [0.15, 0.2) is 22.7 Å². The van der Waals surface area contributed by atoms with E-state index in [1.165, 1.54) is 0 Å². The number of anilines is 1. The van der Waals surface area contributed by atoms with Crippen LogP contribution in [0.25, 0.3) is 22.6 Å². The van der Waals surface area contributed by atoms with Crippen molar-refractivity contribution in [2.45, 2.75) is 52.2 Å². The van der Waals surface area contributed by atoms with Crippen LogP contribution in [0, 0.1) is 20.8 Å². The Labute approximate surface area is 198 Å². The number of rotatable bonds is 9. The second-order valence-electron chi connectivity index (χ2n) is 8.43. The van der Waals surface area contributed by atoms with E-state index in [1.807, 2.05) is 40.0 Å². The lowest BCUT2D eigenvalue weighted by Crippen LogP contribution is -2.37. The number of halogens is 2. The fourth-order valence-corrected chi connectivity index (χ4v) is 4.11. The van der Waals surface area contributed by atoms with E-state index in [9.17, 15) is 4.39 Å². The Morgan fingerprint density at radius 1 is 1.21 bits per heavy atom. The largest absolute Gasteiger partial charge is 0.494 e. The maximum absolute atomic E-state index is 13.4. The van der Waals surface area contributed by atoms with E-state index in [0.29, 0.717) is 58.9 Å². The van der Waals surface area contributed by atoms with Crippen molar-refractivity contribution in [1.82, 2.24) is 20.4 Å². The van der Waals surface area contributed by atoms with Gasteiger partial charge in [-0.15, -0.1) is 0 Å². The average Bonchev–Trinajstić information content (AvgIpc) is 3.10. The third kappa shape index (κ3) is 5.12. The Kier molecular flexibility index (Phi) is 7.14. The third-order valence-corrected chi connectivity index (χ3v) is 6.19. The summed E-state index contributed by atoms with van der Waals surface area (Å²) in [5.74, 6) is 2.48. The van der Waals surface area contributed by atoms with Crippen LogP contribution >= 0.6 is 11.6 Å². The minimum Gasteiger partial charge on any atom is -0.494 e. The molecule has 0 spiro atoms. The third-order valence-electron chi connectivity index (χ3n) is 5.86. The number of hydrogen-bond donors (Lipinski definition) is 2. The highest BCUT2D eigenvalue weighted by Crippen LogP contribution is 2.37. The van der Waals surface area contributed by atoms with Gasteiger partial charge in [-0.1, -0.05) is 16.8 Å². The minimum absolute atomic E-state index is 0.0382. The minimum atomic E-state index is -0.766. The lowest BCUT2D eigenvalue weighted by Gasteiger charge is -2.31. The first-order valence-corrected chi connectivity index (χ1v) is 11.5. The van der Waals surface area contributed by atoms with E-state index in [4.69, 9.17) is 30.8 Å². The van der Waals surface area contributed by atoms with Crippen molar-refractivity contribution < 1.29 is 13.7 Å². The Morgan fingerprint density at radius 2 is 2.00 bits per heavy atom. The lowest BCUT2D eigenvalue weighted by molar-refractivity contribution is 0.192. The Hall–Kier alpha value is -2.71. The van der Waals surface area contributed by atoms with Crippen LogP contribution in [0.3, 0.4) is 0 Å². The molecule has 2 aromatic heterocycles. The van der Waals surface area contributed by atoms with Gasteiger partial charge in [-0.25, -0.2) is 14.4 Å². The first-order valence-electron chi connectivity index (χ1n) is 11.2. The molecule has 0 atom stereocenters. The summed E-state index contributed by atoms with van der Waals surface area (Å²) in [5, 5.41) is 11.1. The summed E-state index contributed by atoms with van der Waals surface area (Å²) in [5.41, 5.74) is 3.80. The zero-order chi connectivity index (χ0) is 23.5. The number of aromatic nitrogens is 3. The van der Waals surface area contributed by atoms with E-state index in [-0.39, 0.29) is 6.04 Å². The Balaban J connectivity index is 1.75. The molecular formula is C24H29ClFN5O2. The van der Waals surface area contributed by atoms with Gasteiger partial charge in [-0.05, 0) is 71.8 Å². The van der Waals surface area contributed by atoms with Gasteiger partial charge in [-0.3, -0.25) is 0 Å². The van der Waals surface area contributed by atoms with Gasteiger partial charge in [0.2, 0.25) is 0 Å². The topological polar surface area (TPSA) is 85.1 Å². The summed E-state index contributed by atoms with van der Waals surface area (Å²) in [4.78, 5) is 9.66. The summed E-state index contributed by atoms with van der Waals surface area (Å²) >= 11 is 6.56. The molecule has 9 heteroatoms. The highest BCUT2D eigenvalue weighted by Gasteiger charge is 2.30. The molecule has 0 amide bonds. The molecule has 1 aliphatic carbocycles. The van der Waals surface area contributed by atoms with Gasteiger partial charge in [0.1, 0.15) is 23.5 Å². The number of ether oxygens (including phenoxy) is 1. The van der Waals surface area contributed by atoms with E-state index in [0.717, 1.165) is 29.8 Å². The molecule has 0 unspecified atom stereocenters. The quantitative estimate of drug-likeness (QED) is 0.409. The Bertz CT molecular complexity index is 1110. The predicted octanol–water partition coefficient (Wildman–Crippen LogP) is 5.28. The van der Waals surface area contributed by atoms with Gasteiger partial charge in [0, 0.05) is 17.2 Å². The number of benzene rings is 1. The molecule has 1 aromatic carbocycles. The van der Waals surface area contributed by atoms with Crippen LogP contribution < -0.4 is 15.4 Å². The second-order valence-corrected chi connectivity index (χ2v) is 8.83. The number of alkyl halides is 1. The molecule has 1 fully saturated rings. The van der Waals surface area contributed by atoms with Crippen LogP contribution in [0.1, 0.15) is 36.3 Å². The summed E-state index contributed by atoms with van der Waals surface area (Å²) in [6.07, 6.45) is 1.06. The van der Waals surface area contributed by atoms with Gasteiger partial charge in [-0.2, -0.15) is 0 Å². The normalized spacial score (nSPS) is 17.6. The molecule has 0 saturated heterocycles. The molecule has 1 saturated carbocycles. The SMILES string of the molecule is CNCCCOc1ccc(Cl)c(-c2nc(NC3CC(F)C3)c(C)c(-c3c(C)noc3C)n2)c1. The predicted molar refractivity (Wildman–Crippen MR) is 128 cm³/mol. The number of nitrogens with zero attached hydrogens (tertiary/aromatic N) is 3. The summed E-state index contributed by atoms with van der Waals surface area (Å²) in [6, 6.07) is 5.52. The molecule has 0 radical (unpaired) electrons. The smallest absolute Gasteiger partial charge is 0.163 e. The van der Waals surface area contributed by atoms with Crippen LogP contribution in [0.2, 0.25) is 5.02 Å². The highest BCUT2D eigenvalue weighted by molar-refractivity contribution is 6.33. The van der Waals surface area contributed by atoms with E-state index < -0.39 is 6.17 Å². The van der Waals surface area contributed by atoms with Gasteiger partial charge in [0.25, 0.3) is 0 Å². The molecule has 2 heterocycles. The van der Waals surface area contributed by atoms with Crippen molar-refractivity contribution in [3.8, 4) is 28.4 Å². The van der Waals surface area contributed by atoms with Crippen molar-refractivity contribution in [2.24, 2.45) is 0 Å². The van der Waals surface area contributed by atoms with E-state index >= 15 is 0 Å². The molecule has 7 nitrogen and oxygen atoms in total. The molecule has 3 aromatic rings. The van der Waals surface area contributed by atoms with Gasteiger partial charge < -0.3 is 19.9 Å². The molecule has 1 aliphatic rings. The molecular weight excluding hydrogens is 445 g/mol. The van der Waals surface area contributed by atoms with Gasteiger partial charge >= 0.3 is 0 Å². The maximum Gasteiger partial charge on any atom is 0.163 e. The van der Waals surface area contributed by atoms with Crippen LogP contribution in [0.5, 0.6) is 5.75 Å². The van der Waals surface area contributed by atoms with Gasteiger partial charge in [0.15, 0.2) is 5.82 Å². The standard InChI is InChI=1S/C24H29ClFN5O2/c1-13-22(21-14(2)31-33-15(21)3)29-24(30-23(13)28-17-10-16(26)11-17)19-12-18(6-7-20(19)25)32-9-5-8-27-4/h6-7,12,16-17,27H,5,8-11H2,1-4H3,(H,28,29,30). The molecule has 0 aliphatic heterocycles. The number of hydrogen-bond acceptors (Lipinski definition) is 7. The highest BCUT2D eigenvalue weighted by atomic mass is 35.5. The second kappa shape index (κ2) is 10.1. The molecule has 2 N–H and O–H groups in total. The molecule has 0 bridgehead atoms. The lowest BCUT2D eigenvalue weighted by atomic mass is 9.90. The van der Waals surface area contributed by atoms with Crippen molar-refractivity contribution in [1.29, 1.82) is 0 Å². The van der Waals surface area contributed by atoms with Crippen molar-refractivity contribution in [2.75, 3.05) is 25.5 Å². The molecule has 176 valence electrons. The fraction of sp³-hybridized carbons (Fsp3) is 0.458. The van der Waals surface area contributed by atoms with Crippen molar-refractivity contribution >= 4 is 17.4 Å². The maximum atomic E-state index is 13.4. The van der Waals surface area contributed by atoms with E-state index in [1.54, 1.807) is 6.07 Å². The Morgan fingerprint density at radius 3 is 2.67 bits per heavy atom. The summed E-state index contributed by atoms with van der Waals surface area (Å²) in [6.45, 7) is 7.14. The van der Waals surface area contributed by atoms with Crippen LogP contribution in [0.4, 0.5) is 10.2 Å². The first-order chi connectivity index (χ1) is 15.9. The zero-order valence-electron chi connectivity index (χ0n) is 19.3. The number of aryl methyl sites for hydroxylation is 2. The fourth-order valence-electron chi connectivity index (χ4n) is 3.91. The molecule has 33 heavy (non-hydrogen) atoms.